The van der Waals surface area contributed by atoms with E-state index in [1.165, 1.54) is 23.5 Å². The lowest BCUT2D eigenvalue weighted by Crippen LogP contribution is -2.14. The fraction of sp³-hybridized carbons (Fsp3) is 0.0345. The van der Waals surface area contributed by atoms with Crippen LogP contribution < -0.4 is 10.2 Å². The molecule has 180 valence electrons. The SMILES string of the molecule is O=C(C=C(Sc1ccccc1)Sc1ccccc1)N/N=C/c1ccccc1OCc1cccc(Br)c1. The highest BCUT2D eigenvalue weighted by Crippen LogP contribution is 2.38. The molecule has 4 nitrogen and oxygen atoms in total. The smallest absolute Gasteiger partial charge is 0.265 e. The lowest BCUT2D eigenvalue weighted by Gasteiger charge is -2.09. The Bertz CT molecular complexity index is 1300. The largest absolute Gasteiger partial charge is 0.488 e. The first kappa shape index (κ1) is 25.8. The van der Waals surface area contributed by atoms with Crippen molar-refractivity contribution in [2.24, 2.45) is 5.10 Å². The van der Waals surface area contributed by atoms with Gasteiger partial charge in [0.05, 0.1) is 10.5 Å². The minimum atomic E-state index is -0.305. The molecule has 0 aliphatic heterocycles. The molecule has 4 aromatic rings. The summed E-state index contributed by atoms with van der Waals surface area (Å²) in [6, 6.07) is 35.5. The van der Waals surface area contributed by atoms with Gasteiger partial charge < -0.3 is 4.74 Å². The lowest BCUT2D eigenvalue weighted by atomic mass is 10.2. The van der Waals surface area contributed by atoms with E-state index in [1.54, 1.807) is 12.3 Å². The molecule has 4 rings (SSSR count). The molecule has 4 aromatic carbocycles. The normalized spacial score (nSPS) is 10.7. The molecular weight excluding hydrogens is 552 g/mol. The highest BCUT2D eigenvalue weighted by molar-refractivity contribution is 9.10. The Hall–Kier alpha value is -3.26. The zero-order valence-electron chi connectivity index (χ0n) is 19.2. The Morgan fingerprint density at radius 3 is 2.14 bits per heavy atom. The lowest BCUT2D eigenvalue weighted by molar-refractivity contribution is -0.116. The molecule has 0 saturated heterocycles. The molecule has 1 amide bonds. The fourth-order valence-electron chi connectivity index (χ4n) is 3.10. The zero-order valence-corrected chi connectivity index (χ0v) is 22.4. The predicted molar refractivity (Wildman–Crippen MR) is 153 cm³/mol. The molecule has 1 N–H and O–H groups in total. The van der Waals surface area contributed by atoms with E-state index in [4.69, 9.17) is 4.74 Å². The number of para-hydroxylation sites is 1. The summed E-state index contributed by atoms with van der Waals surface area (Å²) in [5.41, 5.74) is 4.43. The Kier molecular flexibility index (Phi) is 9.85. The molecule has 0 aliphatic rings. The molecule has 0 saturated carbocycles. The number of halogens is 1. The van der Waals surface area contributed by atoms with Crippen molar-refractivity contribution < 1.29 is 9.53 Å². The van der Waals surface area contributed by atoms with Crippen LogP contribution in [0.15, 0.2) is 139 Å². The summed E-state index contributed by atoms with van der Waals surface area (Å²) in [7, 11) is 0. The molecule has 0 spiro atoms. The monoisotopic (exact) mass is 574 g/mol. The van der Waals surface area contributed by atoms with Crippen LogP contribution in [0, 0.1) is 0 Å². The van der Waals surface area contributed by atoms with Crippen molar-refractivity contribution in [2.45, 2.75) is 16.4 Å². The fourth-order valence-corrected chi connectivity index (χ4v) is 5.67. The van der Waals surface area contributed by atoms with Crippen molar-refractivity contribution in [3.8, 4) is 5.75 Å². The molecule has 0 fully saturated rings. The van der Waals surface area contributed by atoms with Crippen LogP contribution in [0.25, 0.3) is 0 Å². The number of carbonyl (C=O) groups excluding carboxylic acids is 1. The summed E-state index contributed by atoms with van der Waals surface area (Å²) in [5.74, 6) is 0.381. The van der Waals surface area contributed by atoms with Gasteiger partial charge in [0.15, 0.2) is 0 Å². The van der Waals surface area contributed by atoms with E-state index in [2.05, 4.69) is 26.5 Å². The summed E-state index contributed by atoms with van der Waals surface area (Å²) >= 11 is 6.55. The molecule has 0 radical (unpaired) electrons. The van der Waals surface area contributed by atoms with Crippen LogP contribution in [0.4, 0.5) is 0 Å². The van der Waals surface area contributed by atoms with Gasteiger partial charge in [0.1, 0.15) is 12.4 Å². The Balaban J connectivity index is 1.42. The maximum absolute atomic E-state index is 12.7. The van der Waals surface area contributed by atoms with E-state index in [0.717, 1.165) is 29.6 Å². The highest BCUT2D eigenvalue weighted by atomic mass is 79.9. The van der Waals surface area contributed by atoms with Gasteiger partial charge in [-0.3, -0.25) is 4.79 Å². The molecule has 0 heterocycles. The molecular formula is C29H23BrN2O2S2. The van der Waals surface area contributed by atoms with Crippen LogP contribution in [0.3, 0.4) is 0 Å². The van der Waals surface area contributed by atoms with Gasteiger partial charge in [-0.1, -0.05) is 100 Å². The van der Waals surface area contributed by atoms with E-state index in [-0.39, 0.29) is 5.91 Å². The predicted octanol–water partition coefficient (Wildman–Crippen LogP) is 7.90. The number of ether oxygens (including phenoxy) is 1. The molecule has 36 heavy (non-hydrogen) atoms. The van der Waals surface area contributed by atoms with Crippen LogP contribution in [-0.2, 0) is 11.4 Å². The summed E-state index contributed by atoms with van der Waals surface area (Å²) in [6.45, 7) is 0.427. The standard InChI is InChI=1S/C29H23BrN2O2S2/c30-24-12-9-10-22(18-24)21-34-27-17-8-7-11-23(27)20-31-32-28(33)19-29(35-25-13-3-1-4-14-25)36-26-15-5-2-6-16-26/h1-20H,21H2,(H,32,33)/b31-20+. The quantitative estimate of drug-likeness (QED) is 0.0904. The van der Waals surface area contributed by atoms with E-state index < -0.39 is 0 Å². The van der Waals surface area contributed by atoms with Crippen LogP contribution >= 0.6 is 39.5 Å². The number of nitrogens with one attached hydrogen (secondary N) is 1. The van der Waals surface area contributed by atoms with Gasteiger partial charge in [0.25, 0.3) is 5.91 Å². The van der Waals surface area contributed by atoms with Crippen molar-refractivity contribution in [3.05, 3.63) is 135 Å². The number of amides is 1. The minimum Gasteiger partial charge on any atom is -0.488 e. The number of nitrogens with zero attached hydrogens (tertiary/aromatic N) is 1. The Morgan fingerprint density at radius 2 is 1.47 bits per heavy atom. The maximum Gasteiger partial charge on any atom is 0.265 e. The molecule has 0 bridgehead atoms. The summed E-state index contributed by atoms with van der Waals surface area (Å²) in [6.07, 6.45) is 3.17. The average Bonchev–Trinajstić information content (AvgIpc) is 2.89. The number of thioether (sulfide) groups is 2. The first-order chi connectivity index (χ1) is 17.7. The third-order valence-electron chi connectivity index (χ3n) is 4.75. The number of benzene rings is 4. The first-order valence-electron chi connectivity index (χ1n) is 11.1. The van der Waals surface area contributed by atoms with E-state index in [0.29, 0.717) is 12.4 Å². The van der Waals surface area contributed by atoms with Gasteiger partial charge in [0, 0.05) is 25.9 Å². The zero-order chi connectivity index (χ0) is 25.0. The van der Waals surface area contributed by atoms with Crippen molar-refractivity contribution in [3.63, 3.8) is 0 Å². The maximum atomic E-state index is 12.7. The van der Waals surface area contributed by atoms with Gasteiger partial charge in [-0.2, -0.15) is 5.10 Å². The van der Waals surface area contributed by atoms with E-state index in [1.807, 2.05) is 109 Å². The summed E-state index contributed by atoms with van der Waals surface area (Å²) < 4.78 is 7.84. The van der Waals surface area contributed by atoms with Crippen LogP contribution in [0.2, 0.25) is 0 Å². The van der Waals surface area contributed by atoms with Crippen molar-refractivity contribution in [1.82, 2.24) is 5.43 Å². The molecule has 0 aromatic heterocycles. The Morgan fingerprint density at radius 1 is 0.833 bits per heavy atom. The topological polar surface area (TPSA) is 50.7 Å². The van der Waals surface area contributed by atoms with Gasteiger partial charge >= 0.3 is 0 Å². The van der Waals surface area contributed by atoms with Crippen LogP contribution in [0.1, 0.15) is 11.1 Å². The van der Waals surface area contributed by atoms with Gasteiger partial charge in [-0.25, -0.2) is 5.43 Å². The van der Waals surface area contributed by atoms with Crippen molar-refractivity contribution in [1.29, 1.82) is 0 Å². The second-order valence-corrected chi connectivity index (χ2v) is 10.9. The second-order valence-electron chi connectivity index (χ2n) is 7.48. The molecule has 0 aliphatic carbocycles. The molecule has 7 heteroatoms. The second kappa shape index (κ2) is 13.7. The third-order valence-corrected chi connectivity index (χ3v) is 7.40. The van der Waals surface area contributed by atoms with E-state index >= 15 is 0 Å². The number of rotatable bonds is 10. The third kappa shape index (κ3) is 8.45. The summed E-state index contributed by atoms with van der Waals surface area (Å²) in [4.78, 5) is 14.8. The van der Waals surface area contributed by atoms with Crippen LogP contribution in [-0.4, -0.2) is 12.1 Å². The van der Waals surface area contributed by atoms with Crippen molar-refractivity contribution >= 4 is 51.6 Å². The highest BCUT2D eigenvalue weighted by Gasteiger charge is 2.07. The average molecular weight is 576 g/mol. The number of hydrogen-bond acceptors (Lipinski definition) is 5. The van der Waals surface area contributed by atoms with E-state index in [9.17, 15) is 4.79 Å². The minimum absolute atomic E-state index is 0.305. The molecule has 0 atom stereocenters. The van der Waals surface area contributed by atoms with Gasteiger partial charge in [-0.15, -0.1) is 0 Å². The van der Waals surface area contributed by atoms with Crippen LogP contribution in [0.5, 0.6) is 5.75 Å². The Labute approximate surface area is 228 Å². The first-order valence-corrected chi connectivity index (χ1v) is 13.5. The summed E-state index contributed by atoms with van der Waals surface area (Å²) in [5, 5.41) is 4.16. The van der Waals surface area contributed by atoms with Gasteiger partial charge in [0.2, 0.25) is 0 Å². The van der Waals surface area contributed by atoms with Crippen molar-refractivity contribution in [2.75, 3.05) is 0 Å². The number of hydrogen-bond donors (Lipinski definition) is 1. The number of hydrazone groups is 1. The van der Waals surface area contributed by atoms with Gasteiger partial charge in [-0.05, 0) is 54.1 Å². The number of carbonyl (C=O) groups is 1. The molecule has 0 unspecified atom stereocenters.